The Hall–Kier alpha value is -2.31. The molecule has 0 saturated heterocycles. The summed E-state index contributed by atoms with van der Waals surface area (Å²) >= 11 is 0. The summed E-state index contributed by atoms with van der Waals surface area (Å²) in [6.45, 7) is 0.0527. The molecule has 1 saturated carbocycles. The maximum atomic E-state index is 13.3. The van der Waals surface area contributed by atoms with E-state index in [1.54, 1.807) is 0 Å². The van der Waals surface area contributed by atoms with Crippen LogP contribution in [0.15, 0.2) is 18.2 Å². The third-order valence-electron chi connectivity index (χ3n) is 3.19. The summed E-state index contributed by atoms with van der Waals surface area (Å²) < 4.78 is 18.1. The van der Waals surface area contributed by atoms with Crippen LogP contribution in [0.25, 0.3) is 0 Å². The van der Waals surface area contributed by atoms with Crippen LogP contribution in [0.2, 0.25) is 0 Å². The number of carboxylic acids is 1. The molecule has 6 nitrogen and oxygen atoms in total. The Labute approximate surface area is 121 Å². The number of carbonyl (C=O) groups excluding carboxylic acids is 1. The molecule has 0 atom stereocenters. The number of urea groups is 1. The molecule has 0 aromatic heterocycles. The Kier molecular flexibility index (Phi) is 4.62. The van der Waals surface area contributed by atoms with Crippen LogP contribution < -0.4 is 10.1 Å². The number of ether oxygens (including phenoxy) is 1. The average Bonchev–Trinajstić information content (AvgIpc) is 3.23. The number of anilines is 1. The van der Waals surface area contributed by atoms with Crippen molar-refractivity contribution in [1.29, 1.82) is 0 Å². The zero-order valence-electron chi connectivity index (χ0n) is 11.6. The molecule has 0 heterocycles. The largest absolute Gasteiger partial charge is 0.494 e. The van der Waals surface area contributed by atoms with E-state index in [9.17, 15) is 14.0 Å². The van der Waals surface area contributed by atoms with Gasteiger partial charge in [-0.1, -0.05) is 0 Å². The van der Waals surface area contributed by atoms with Gasteiger partial charge >= 0.3 is 12.0 Å². The summed E-state index contributed by atoms with van der Waals surface area (Å²) in [7, 11) is 1.33. The van der Waals surface area contributed by atoms with E-state index >= 15 is 0 Å². The molecule has 2 N–H and O–H groups in total. The summed E-state index contributed by atoms with van der Waals surface area (Å²) in [6.07, 6.45) is 2.02. The topological polar surface area (TPSA) is 78.9 Å². The fraction of sp³-hybridized carbons (Fsp3) is 0.429. The van der Waals surface area contributed by atoms with E-state index in [-0.39, 0.29) is 12.3 Å². The van der Waals surface area contributed by atoms with Crippen molar-refractivity contribution < 1.29 is 23.8 Å². The minimum Gasteiger partial charge on any atom is -0.494 e. The maximum absolute atomic E-state index is 13.3. The Morgan fingerprint density at radius 2 is 2.19 bits per heavy atom. The van der Waals surface area contributed by atoms with Crippen molar-refractivity contribution in [3.8, 4) is 5.75 Å². The van der Waals surface area contributed by atoms with Gasteiger partial charge in [0.2, 0.25) is 0 Å². The zero-order chi connectivity index (χ0) is 15.4. The standard InChI is InChI=1S/C14H17FN2O4/c1-21-12-6-10(4-5-11(12)15)16-14(20)17(8-13(18)19)7-9-2-3-9/h4-6,9H,2-3,7-8H2,1H3,(H,16,20)(H,18,19). The van der Waals surface area contributed by atoms with Gasteiger partial charge in [0, 0.05) is 18.3 Å². The van der Waals surface area contributed by atoms with Gasteiger partial charge < -0.3 is 20.1 Å². The number of halogens is 1. The van der Waals surface area contributed by atoms with Crippen LogP contribution in [-0.2, 0) is 4.79 Å². The lowest BCUT2D eigenvalue weighted by Gasteiger charge is -2.21. The number of carbonyl (C=O) groups is 2. The van der Waals surface area contributed by atoms with Crippen molar-refractivity contribution in [3.05, 3.63) is 24.0 Å². The van der Waals surface area contributed by atoms with Gasteiger partial charge in [-0.25, -0.2) is 9.18 Å². The number of amides is 2. The normalized spacial score (nSPS) is 13.6. The molecule has 1 aliphatic carbocycles. The molecule has 1 aromatic rings. The highest BCUT2D eigenvalue weighted by atomic mass is 19.1. The summed E-state index contributed by atoms with van der Waals surface area (Å²) in [6, 6.07) is 3.41. The third-order valence-corrected chi connectivity index (χ3v) is 3.19. The van der Waals surface area contributed by atoms with Gasteiger partial charge in [0.05, 0.1) is 7.11 Å². The van der Waals surface area contributed by atoms with E-state index in [0.717, 1.165) is 12.8 Å². The number of nitrogens with zero attached hydrogens (tertiary/aromatic N) is 1. The number of hydrogen-bond acceptors (Lipinski definition) is 3. The minimum atomic E-state index is -1.07. The molecule has 1 aromatic carbocycles. The third kappa shape index (κ3) is 4.34. The van der Waals surface area contributed by atoms with Gasteiger partial charge in [0.15, 0.2) is 11.6 Å². The van der Waals surface area contributed by atoms with Crippen LogP contribution in [0.1, 0.15) is 12.8 Å². The fourth-order valence-electron chi connectivity index (χ4n) is 1.93. The summed E-state index contributed by atoms with van der Waals surface area (Å²) in [5.74, 6) is -1.21. The highest BCUT2D eigenvalue weighted by Crippen LogP contribution is 2.30. The smallest absolute Gasteiger partial charge is 0.323 e. The number of carboxylic acid groups (broad SMARTS) is 1. The molecule has 7 heteroatoms. The first-order chi connectivity index (χ1) is 9.99. The molecule has 21 heavy (non-hydrogen) atoms. The van der Waals surface area contributed by atoms with Gasteiger partial charge in [0.1, 0.15) is 6.54 Å². The fourth-order valence-corrected chi connectivity index (χ4v) is 1.93. The van der Waals surface area contributed by atoms with E-state index in [2.05, 4.69) is 5.32 Å². The molecule has 0 spiro atoms. The van der Waals surface area contributed by atoms with Crippen molar-refractivity contribution >= 4 is 17.7 Å². The first kappa shape index (κ1) is 15.1. The number of nitrogens with one attached hydrogen (secondary N) is 1. The molecule has 0 aliphatic heterocycles. The predicted molar refractivity (Wildman–Crippen MR) is 73.9 cm³/mol. The van der Waals surface area contributed by atoms with Crippen LogP contribution in [0.5, 0.6) is 5.75 Å². The van der Waals surface area contributed by atoms with E-state index in [4.69, 9.17) is 9.84 Å². The second kappa shape index (κ2) is 6.43. The van der Waals surface area contributed by atoms with E-state index in [1.165, 1.54) is 30.2 Å². The molecule has 0 unspecified atom stereocenters. The first-order valence-electron chi connectivity index (χ1n) is 6.61. The van der Waals surface area contributed by atoms with Crippen LogP contribution in [0, 0.1) is 11.7 Å². The van der Waals surface area contributed by atoms with Gasteiger partial charge in [-0.2, -0.15) is 0 Å². The lowest BCUT2D eigenvalue weighted by molar-refractivity contribution is -0.137. The second-order valence-corrected chi connectivity index (χ2v) is 5.00. The second-order valence-electron chi connectivity index (χ2n) is 5.00. The highest BCUT2D eigenvalue weighted by molar-refractivity contribution is 5.91. The first-order valence-corrected chi connectivity index (χ1v) is 6.61. The quantitative estimate of drug-likeness (QED) is 0.843. The molecule has 1 aliphatic rings. The Morgan fingerprint density at radius 1 is 1.48 bits per heavy atom. The molecule has 0 bridgehead atoms. The number of benzene rings is 1. The van der Waals surface area contributed by atoms with Crippen molar-refractivity contribution in [2.75, 3.05) is 25.5 Å². The highest BCUT2D eigenvalue weighted by Gasteiger charge is 2.28. The monoisotopic (exact) mass is 296 g/mol. The number of aliphatic carboxylic acids is 1. The SMILES string of the molecule is COc1cc(NC(=O)N(CC(=O)O)CC2CC2)ccc1F. The molecular formula is C14H17FN2O4. The molecule has 2 rings (SSSR count). The summed E-state index contributed by atoms with van der Waals surface area (Å²) in [4.78, 5) is 24.2. The van der Waals surface area contributed by atoms with E-state index < -0.39 is 17.8 Å². The van der Waals surface area contributed by atoms with Gasteiger partial charge in [-0.15, -0.1) is 0 Å². The summed E-state index contributed by atoms with van der Waals surface area (Å²) in [5.41, 5.74) is 0.351. The maximum Gasteiger partial charge on any atom is 0.323 e. The predicted octanol–water partition coefficient (Wildman–Crippen LogP) is 2.16. The average molecular weight is 296 g/mol. The zero-order valence-corrected chi connectivity index (χ0v) is 11.6. The molecule has 1 fully saturated rings. The van der Waals surface area contributed by atoms with E-state index in [1.807, 2.05) is 0 Å². The van der Waals surface area contributed by atoms with Gasteiger partial charge in [-0.05, 0) is 30.9 Å². The molecule has 2 amide bonds. The van der Waals surface area contributed by atoms with Crippen LogP contribution in [0.4, 0.5) is 14.9 Å². The van der Waals surface area contributed by atoms with Crippen LogP contribution in [-0.4, -0.2) is 42.2 Å². The number of methoxy groups -OCH3 is 1. The Bertz CT molecular complexity index is 546. The number of hydrogen-bond donors (Lipinski definition) is 2. The van der Waals surface area contributed by atoms with Crippen molar-refractivity contribution in [1.82, 2.24) is 4.90 Å². The minimum absolute atomic E-state index is 0.0137. The van der Waals surface area contributed by atoms with Crippen molar-refractivity contribution in [3.63, 3.8) is 0 Å². The Balaban J connectivity index is 2.04. The molecule has 0 radical (unpaired) electrons. The van der Waals surface area contributed by atoms with Gasteiger partial charge in [0.25, 0.3) is 0 Å². The summed E-state index contributed by atoms with van der Waals surface area (Å²) in [5, 5.41) is 11.4. The van der Waals surface area contributed by atoms with E-state index in [0.29, 0.717) is 18.2 Å². The van der Waals surface area contributed by atoms with Crippen LogP contribution >= 0.6 is 0 Å². The molecule has 114 valence electrons. The lowest BCUT2D eigenvalue weighted by Crippen LogP contribution is -2.40. The lowest BCUT2D eigenvalue weighted by atomic mass is 10.3. The van der Waals surface area contributed by atoms with Gasteiger partial charge in [-0.3, -0.25) is 4.79 Å². The Morgan fingerprint density at radius 3 is 2.76 bits per heavy atom. The molecular weight excluding hydrogens is 279 g/mol. The van der Waals surface area contributed by atoms with Crippen molar-refractivity contribution in [2.24, 2.45) is 5.92 Å². The van der Waals surface area contributed by atoms with Crippen LogP contribution in [0.3, 0.4) is 0 Å². The van der Waals surface area contributed by atoms with Crippen molar-refractivity contribution in [2.45, 2.75) is 12.8 Å². The number of rotatable bonds is 6.